The summed E-state index contributed by atoms with van der Waals surface area (Å²) in [5.41, 5.74) is 2.08. The Bertz CT molecular complexity index is 1380. The first-order chi connectivity index (χ1) is 16.5. The van der Waals surface area contributed by atoms with Crippen molar-refractivity contribution in [3.05, 3.63) is 75.7 Å². The molecule has 0 aliphatic heterocycles. The van der Waals surface area contributed by atoms with Gasteiger partial charge in [0.25, 0.3) is 21.8 Å². The third-order valence-electron chi connectivity index (χ3n) is 5.04. The topological polar surface area (TPSA) is 131 Å². The molecule has 0 fully saturated rings. The second-order valence-electron chi connectivity index (χ2n) is 7.62. The molecule has 1 heterocycles. The highest BCUT2D eigenvalue weighted by molar-refractivity contribution is 7.92. The highest BCUT2D eigenvalue weighted by atomic mass is 32.2. The number of sulfonamides is 1. The smallest absolute Gasteiger partial charge is 0.414 e. The van der Waals surface area contributed by atoms with Gasteiger partial charge in [-0.3, -0.25) is 19.6 Å². The van der Waals surface area contributed by atoms with E-state index in [1.165, 1.54) is 41.7 Å². The number of nitrogens with one attached hydrogen (secondary N) is 3. The van der Waals surface area contributed by atoms with Crippen molar-refractivity contribution in [1.82, 2.24) is 5.32 Å². The van der Waals surface area contributed by atoms with Gasteiger partial charge in [0, 0.05) is 16.1 Å². The molecule has 35 heavy (non-hydrogen) atoms. The van der Waals surface area contributed by atoms with Gasteiger partial charge in [0.05, 0.1) is 17.1 Å². The van der Waals surface area contributed by atoms with E-state index in [4.69, 9.17) is 4.74 Å². The van der Waals surface area contributed by atoms with E-state index in [2.05, 4.69) is 15.4 Å². The summed E-state index contributed by atoms with van der Waals surface area (Å²) in [6, 6.07) is 12.4. The van der Waals surface area contributed by atoms with Crippen LogP contribution in [0.2, 0.25) is 0 Å². The molecule has 0 atom stereocenters. The first-order valence-corrected chi connectivity index (χ1v) is 12.9. The van der Waals surface area contributed by atoms with Crippen molar-refractivity contribution in [2.75, 3.05) is 16.6 Å². The SMILES string of the molecule is CCOC(=O)NC(=O)c1c(NC(=O)c2cccc(NS(=O)(=O)c3ccc(C)cc3)c2)sc(C)c1C. The van der Waals surface area contributed by atoms with E-state index in [0.717, 1.165) is 10.4 Å². The lowest BCUT2D eigenvalue weighted by Crippen LogP contribution is -2.31. The second-order valence-corrected chi connectivity index (χ2v) is 10.5. The number of amides is 3. The number of hydrogen-bond donors (Lipinski definition) is 3. The van der Waals surface area contributed by atoms with Crippen molar-refractivity contribution in [1.29, 1.82) is 0 Å². The molecule has 0 unspecified atom stereocenters. The van der Waals surface area contributed by atoms with Crippen molar-refractivity contribution in [2.45, 2.75) is 32.6 Å². The Morgan fingerprint density at radius 3 is 2.31 bits per heavy atom. The van der Waals surface area contributed by atoms with Crippen LogP contribution in [0.5, 0.6) is 0 Å². The van der Waals surface area contributed by atoms with Crippen molar-refractivity contribution < 1.29 is 27.5 Å². The van der Waals surface area contributed by atoms with Crippen molar-refractivity contribution in [3.63, 3.8) is 0 Å². The normalized spacial score (nSPS) is 11.0. The van der Waals surface area contributed by atoms with Gasteiger partial charge in [-0.1, -0.05) is 23.8 Å². The molecule has 184 valence electrons. The van der Waals surface area contributed by atoms with Crippen LogP contribution < -0.4 is 15.4 Å². The predicted octanol–water partition coefficient (Wildman–Crippen LogP) is 4.61. The standard InChI is InChI=1S/C24H25N3O6S2/c1-5-33-24(30)26-22(29)20-15(3)16(4)34-23(20)25-21(28)17-7-6-8-18(13-17)27-35(31,32)19-11-9-14(2)10-12-19/h6-13,27H,5H2,1-4H3,(H,25,28)(H,26,29,30). The highest BCUT2D eigenvalue weighted by Gasteiger charge is 2.23. The maximum absolute atomic E-state index is 13.0. The minimum absolute atomic E-state index is 0.0970. The molecule has 0 bridgehead atoms. The lowest BCUT2D eigenvalue weighted by molar-refractivity contribution is 0.0925. The molecule has 0 spiro atoms. The first kappa shape index (κ1) is 25.9. The van der Waals surface area contributed by atoms with Crippen molar-refractivity contribution in [3.8, 4) is 0 Å². The molecule has 3 rings (SSSR count). The van der Waals surface area contributed by atoms with Gasteiger partial charge in [-0.25, -0.2) is 13.2 Å². The van der Waals surface area contributed by atoms with Crippen LogP contribution in [-0.4, -0.2) is 32.9 Å². The Labute approximate surface area is 207 Å². The van der Waals surface area contributed by atoms with Gasteiger partial charge >= 0.3 is 6.09 Å². The number of benzene rings is 2. The number of anilines is 2. The first-order valence-electron chi connectivity index (χ1n) is 10.6. The van der Waals surface area contributed by atoms with E-state index in [0.29, 0.717) is 5.56 Å². The molecule has 0 aliphatic carbocycles. The number of thiophene rings is 1. The summed E-state index contributed by atoms with van der Waals surface area (Å²) in [6.45, 7) is 7.08. The lowest BCUT2D eigenvalue weighted by Gasteiger charge is -2.11. The number of carbonyl (C=O) groups excluding carboxylic acids is 3. The van der Waals surface area contributed by atoms with Gasteiger partial charge < -0.3 is 10.1 Å². The Morgan fingerprint density at radius 2 is 1.66 bits per heavy atom. The van der Waals surface area contributed by atoms with Crippen LogP contribution in [0.3, 0.4) is 0 Å². The number of aryl methyl sites for hydroxylation is 2. The van der Waals surface area contributed by atoms with Crippen LogP contribution in [0.25, 0.3) is 0 Å². The zero-order chi connectivity index (χ0) is 25.8. The molecule has 11 heteroatoms. The maximum Gasteiger partial charge on any atom is 0.414 e. The van der Waals surface area contributed by atoms with Crippen LogP contribution in [0.15, 0.2) is 53.4 Å². The zero-order valence-electron chi connectivity index (χ0n) is 19.6. The molecule has 3 aromatic rings. The summed E-state index contributed by atoms with van der Waals surface area (Å²) >= 11 is 1.19. The molecule has 2 aromatic carbocycles. The minimum atomic E-state index is -3.84. The summed E-state index contributed by atoms with van der Waals surface area (Å²) in [6.07, 6.45) is -0.883. The number of imide groups is 1. The average molecular weight is 516 g/mol. The number of rotatable bonds is 7. The Hall–Kier alpha value is -3.70. The zero-order valence-corrected chi connectivity index (χ0v) is 21.2. The van der Waals surface area contributed by atoms with E-state index in [9.17, 15) is 22.8 Å². The van der Waals surface area contributed by atoms with Crippen LogP contribution in [0, 0.1) is 20.8 Å². The summed E-state index contributed by atoms with van der Waals surface area (Å²) in [5.74, 6) is -1.24. The number of carbonyl (C=O) groups is 3. The van der Waals surface area contributed by atoms with E-state index < -0.39 is 27.9 Å². The molecule has 3 N–H and O–H groups in total. The molecular weight excluding hydrogens is 490 g/mol. The third-order valence-corrected chi connectivity index (χ3v) is 7.56. The molecular formula is C24H25N3O6S2. The summed E-state index contributed by atoms with van der Waals surface area (Å²) in [4.78, 5) is 38.2. The van der Waals surface area contributed by atoms with Crippen LogP contribution in [0.1, 0.15) is 43.6 Å². The fourth-order valence-electron chi connectivity index (χ4n) is 3.14. The fraction of sp³-hybridized carbons (Fsp3) is 0.208. The highest BCUT2D eigenvalue weighted by Crippen LogP contribution is 2.33. The van der Waals surface area contributed by atoms with E-state index >= 15 is 0 Å². The van der Waals surface area contributed by atoms with Gasteiger partial charge in [0.1, 0.15) is 5.00 Å². The van der Waals surface area contributed by atoms with Gasteiger partial charge in [0.15, 0.2) is 0 Å². The number of ether oxygens (including phenoxy) is 1. The minimum Gasteiger partial charge on any atom is -0.450 e. The molecule has 1 aromatic heterocycles. The molecule has 3 amide bonds. The number of hydrogen-bond acceptors (Lipinski definition) is 7. The summed E-state index contributed by atoms with van der Waals surface area (Å²) in [7, 11) is -3.84. The predicted molar refractivity (Wildman–Crippen MR) is 135 cm³/mol. The molecule has 9 nitrogen and oxygen atoms in total. The second kappa shape index (κ2) is 10.7. The molecule has 0 saturated carbocycles. The third kappa shape index (κ3) is 6.25. The van der Waals surface area contributed by atoms with Crippen molar-refractivity contribution >= 4 is 50.0 Å². The quantitative estimate of drug-likeness (QED) is 0.421. The van der Waals surface area contributed by atoms with Gasteiger partial charge in [-0.05, 0) is 63.6 Å². The largest absolute Gasteiger partial charge is 0.450 e. The maximum atomic E-state index is 13.0. The summed E-state index contributed by atoms with van der Waals surface area (Å²) < 4.78 is 32.6. The van der Waals surface area contributed by atoms with Crippen molar-refractivity contribution in [2.24, 2.45) is 0 Å². The van der Waals surface area contributed by atoms with E-state index in [-0.39, 0.29) is 33.3 Å². The van der Waals surface area contributed by atoms with Gasteiger partial charge in [0.2, 0.25) is 0 Å². The molecule has 0 saturated heterocycles. The van der Waals surface area contributed by atoms with E-state index in [1.807, 2.05) is 6.92 Å². The summed E-state index contributed by atoms with van der Waals surface area (Å²) in [5, 5.41) is 5.09. The fourth-order valence-corrected chi connectivity index (χ4v) is 5.24. The van der Waals surface area contributed by atoms with E-state index in [1.54, 1.807) is 39.0 Å². The molecule has 0 aliphatic rings. The lowest BCUT2D eigenvalue weighted by atomic mass is 10.1. The van der Waals surface area contributed by atoms with Gasteiger partial charge in [-0.2, -0.15) is 0 Å². The Morgan fingerprint density at radius 1 is 0.971 bits per heavy atom. The Balaban J connectivity index is 1.81. The van der Waals surface area contributed by atoms with Crippen LogP contribution in [0.4, 0.5) is 15.5 Å². The van der Waals surface area contributed by atoms with Crippen LogP contribution in [-0.2, 0) is 14.8 Å². The molecule has 0 radical (unpaired) electrons. The average Bonchev–Trinajstić information content (AvgIpc) is 3.07. The monoisotopic (exact) mass is 515 g/mol. The van der Waals surface area contributed by atoms with Crippen LogP contribution >= 0.6 is 11.3 Å². The van der Waals surface area contributed by atoms with Gasteiger partial charge in [-0.15, -0.1) is 11.3 Å². The Kier molecular flexibility index (Phi) is 7.92. The number of alkyl carbamates (subject to hydrolysis) is 1.